The van der Waals surface area contributed by atoms with Crippen molar-refractivity contribution >= 4 is 32.7 Å². The first-order valence-corrected chi connectivity index (χ1v) is 20.5. The number of H-pyrrole nitrogens is 1. The van der Waals surface area contributed by atoms with E-state index >= 15 is 0 Å². The van der Waals surface area contributed by atoms with E-state index in [0.717, 1.165) is 67.1 Å². The molecule has 0 aliphatic carbocycles. The number of nitrogens with zero attached hydrogens (tertiary/aromatic N) is 3. The van der Waals surface area contributed by atoms with Crippen LogP contribution in [0.3, 0.4) is 0 Å². The number of rotatable bonds is 5. The maximum absolute atomic E-state index is 5.65. The first kappa shape index (κ1) is 37.3. The van der Waals surface area contributed by atoms with E-state index in [1.807, 2.05) is 12.3 Å². The first-order valence-electron chi connectivity index (χ1n) is 20.5. The van der Waals surface area contributed by atoms with Crippen LogP contribution < -0.4 is 0 Å². The van der Waals surface area contributed by atoms with Crippen LogP contribution in [0.1, 0.15) is 79.0 Å². The van der Waals surface area contributed by atoms with Gasteiger partial charge >= 0.3 is 0 Å². The van der Waals surface area contributed by atoms with Crippen molar-refractivity contribution in [1.29, 1.82) is 0 Å². The molecule has 4 heteroatoms. The highest BCUT2D eigenvalue weighted by atomic mass is 15.1. The highest BCUT2D eigenvalue weighted by molar-refractivity contribution is 6.11. The summed E-state index contributed by atoms with van der Waals surface area (Å²) in [7, 11) is 0. The third-order valence-electron chi connectivity index (χ3n) is 11.6. The van der Waals surface area contributed by atoms with Gasteiger partial charge in [-0.3, -0.25) is 9.55 Å². The van der Waals surface area contributed by atoms with Crippen molar-refractivity contribution < 1.29 is 0 Å². The van der Waals surface area contributed by atoms with Crippen LogP contribution in [0.25, 0.3) is 83.4 Å². The van der Waals surface area contributed by atoms with E-state index in [-0.39, 0.29) is 16.2 Å². The summed E-state index contributed by atoms with van der Waals surface area (Å²) in [6.45, 7) is 20.6. The summed E-state index contributed by atoms with van der Waals surface area (Å²) in [5, 5.41) is 4.65. The Hall–Kier alpha value is -6.26. The summed E-state index contributed by atoms with van der Waals surface area (Å²) in [6.07, 6.45) is 1.87. The van der Waals surface area contributed by atoms with Gasteiger partial charge in [0, 0.05) is 38.9 Å². The summed E-state index contributed by atoms with van der Waals surface area (Å²) in [5.74, 6) is 1.01. The van der Waals surface area contributed by atoms with Crippen LogP contribution in [-0.4, -0.2) is 19.5 Å². The Bertz CT molecular complexity index is 2950. The molecular formula is C54H52N4. The van der Waals surface area contributed by atoms with Crippen LogP contribution in [0.2, 0.25) is 0 Å². The van der Waals surface area contributed by atoms with Gasteiger partial charge in [-0.15, -0.1) is 0 Å². The quantitative estimate of drug-likeness (QED) is 0.190. The van der Waals surface area contributed by atoms with Gasteiger partial charge in [0.25, 0.3) is 0 Å². The normalized spacial score (nSPS) is 12.6. The smallest absolute Gasteiger partial charge is 0.147 e. The molecular weight excluding hydrogens is 705 g/mol. The molecule has 288 valence electrons. The third-order valence-corrected chi connectivity index (χ3v) is 11.6. The van der Waals surface area contributed by atoms with Crippen LogP contribution in [0.4, 0.5) is 0 Å². The molecule has 0 fully saturated rings. The molecule has 0 atom stereocenters. The van der Waals surface area contributed by atoms with Crippen molar-refractivity contribution in [3.8, 4) is 50.7 Å². The van der Waals surface area contributed by atoms with E-state index in [4.69, 9.17) is 9.97 Å². The number of fused-ring (bicyclic) bond motifs is 4. The van der Waals surface area contributed by atoms with Crippen molar-refractivity contribution in [2.45, 2.75) is 78.6 Å². The van der Waals surface area contributed by atoms with Gasteiger partial charge in [-0.1, -0.05) is 147 Å². The van der Waals surface area contributed by atoms with Crippen LogP contribution >= 0.6 is 0 Å². The molecule has 0 bridgehead atoms. The van der Waals surface area contributed by atoms with Crippen LogP contribution in [0.5, 0.6) is 0 Å². The molecule has 0 aliphatic heterocycles. The highest BCUT2D eigenvalue weighted by Gasteiger charge is 2.24. The Labute approximate surface area is 342 Å². The maximum Gasteiger partial charge on any atom is 0.147 e. The van der Waals surface area contributed by atoms with E-state index in [1.54, 1.807) is 0 Å². The molecule has 4 nitrogen and oxygen atoms in total. The SMILES string of the molecule is CC(C)(C)c1cc(-c2cc(-c3ccccn3)cc(-c3ccc4c5cc(C(C)(C)C)ccc5n(-c5[nH]c(-c6ccccc6)c6ccccc56)c4n3)c2)cc(C(C)(C)C)c1. The fraction of sp³-hybridized carbons (Fsp3) is 0.222. The van der Waals surface area contributed by atoms with Crippen molar-refractivity contribution in [3.05, 3.63) is 162 Å². The molecule has 0 saturated heterocycles. The maximum atomic E-state index is 5.65. The van der Waals surface area contributed by atoms with Gasteiger partial charge in [0.05, 0.1) is 22.6 Å². The highest BCUT2D eigenvalue weighted by Crippen LogP contribution is 2.41. The fourth-order valence-corrected chi connectivity index (χ4v) is 8.20. The van der Waals surface area contributed by atoms with Crippen molar-refractivity contribution in [3.63, 3.8) is 0 Å². The lowest BCUT2D eigenvalue weighted by molar-refractivity contribution is 0.569. The molecule has 58 heavy (non-hydrogen) atoms. The second-order valence-corrected chi connectivity index (χ2v) is 19.0. The summed E-state index contributed by atoms with van der Waals surface area (Å²) in [5.41, 5.74) is 14.5. The minimum Gasteiger partial charge on any atom is -0.340 e. The van der Waals surface area contributed by atoms with E-state index < -0.39 is 0 Å². The zero-order chi connectivity index (χ0) is 40.6. The molecule has 0 spiro atoms. The largest absolute Gasteiger partial charge is 0.340 e. The number of nitrogens with one attached hydrogen (secondary N) is 1. The molecule has 1 N–H and O–H groups in total. The molecule has 0 amide bonds. The van der Waals surface area contributed by atoms with Crippen LogP contribution in [0.15, 0.2) is 146 Å². The Morgan fingerprint density at radius 2 is 1.03 bits per heavy atom. The second kappa shape index (κ2) is 13.7. The van der Waals surface area contributed by atoms with E-state index in [9.17, 15) is 0 Å². The zero-order valence-corrected chi connectivity index (χ0v) is 35.2. The number of hydrogen-bond donors (Lipinski definition) is 1. The first-order chi connectivity index (χ1) is 27.6. The summed E-state index contributed by atoms with van der Waals surface area (Å²) in [6, 6.07) is 50.8. The lowest BCUT2D eigenvalue weighted by atomic mass is 9.78. The number of aromatic amines is 1. The van der Waals surface area contributed by atoms with Crippen LogP contribution in [-0.2, 0) is 16.2 Å². The summed E-state index contributed by atoms with van der Waals surface area (Å²) in [4.78, 5) is 14.4. The van der Waals surface area contributed by atoms with Gasteiger partial charge in [0.15, 0.2) is 0 Å². The Morgan fingerprint density at radius 3 is 1.69 bits per heavy atom. The van der Waals surface area contributed by atoms with Gasteiger partial charge in [0.2, 0.25) is 0 Å². The molecule has 0 radical (unpaired) electrons. The second-order valence-electron chi connectivity index (χ2n) is 19.0. The predicted octanol–water partition coefficient (Wildman–Crippen LogP) is 14.6. The molecule has 5 aromatic carbocycles. The molecule has 0 saturated carbocycles. The molecule has 4 aromatic heterocycles. The standard InChI is InChI=1S/C54H52N4/c1-52(2,3)39-22-25-48-45(33-39)44-23-24-47(56-50(44)58(48)51-43-20-14-13-19-42(43)49(57-51)34-17-11-10-12-18-34)38-28-35(27-37(29-38)46-21-15-16-26-55-46)36-30-40(53(4,5)6)32-41(31-36)54(7,8)9/h10-33,57H,1-9H3. The number of aromatic nitrogens is 4. The van der Waals surface area contributed by atoms with Gasteiger partial charge in [-0.25, -0.2) is 4.98 Å². The number of hydrogen-bond acceptors (Lipinski definition) is 2. The van der Waals surface area contributed by atoms with E-state index in [2.05, 4.69) is 205 Å². The van der Waals surface area contributed by atoms with Crippen molar-refractivity contribution in [2.24, 2.45) is 0 Å². The van der Waals surface area contributed by atoms with Crippen molar-refractivity contribution in [1.82, 2.24) is 19.5 Å². The minimum atomic E-state index is -0.00728. The number of pyridine rings is 2. The number of benzene rings is 5. The Kier molecular flexibility index (Phi) is 8.81. The zero-order valence-electron chi connectivity index (χ0n) is 35.2. The fourth-order valence-electron chi connectivity index (χ4n) is 8.20. The Balaban J connectivity index is 1.32. The monoisotopic (exact) mass is 756 g/mol. The molecule has 0 unspecified atom stereocenters. The van der Waals surface area contributed by atoms with Gasteiger partial charge in [-0.2, -0.15) is 0 Å². The topological polar surface area (TPSA) is 46.5 Å². The van der Waals surface area contributed by atoms with E-state index in [0.29, 0.717) is 0 Å². The van der Waals surface area contributed by atoms with E-state index in [1.165, 1.54) is 33.0 Å². The predicted molar refractivity (Wildman–Crippen MR) is 246 cm³/mol. The Morgan fingerprint density at radius 1 is 0.431 bits per heavy atom. The average molecular weight is 757 g/mol. The summed E-state index contributed by atoms with van der Waals surface area (Å²) < 4.78 is 2.35. The average Bonchev–Trinajstić information content (AvgIpc) is 3.75. The summed E-state index contributed by atoms with van der Waals surface area (Å²) >= 11 is 0. The molecule has 9 aromatic rings. The van der Waals surface area contributed by atoms with Crippen LogP contribution in [0, 0.1) is 0 Å². The molecule has 9 rings (SSSR count). The lowest BCUT2D eigenvalue weighted by Gasteiger charge is -2.26. The van der Waals surface area contributed by atoms with Crippen molar-refractivity contribution in [2.75, 3.05) is 0 Å². The third kappa shape index (κ3) is 6.71. The van der Waals surface area contributed by atoms with Gasteiger partial charge in [0.1, 0.15) is 11.5 Å². The van der Waals surface area contributed by atoms with Gasteiger partial charge < -0.3 is 4.98 Å². The van der Waals surface area contributed by atoms with Gasteiger partial charge in [-0.05, 0) is 104 Å². The lowest BCUT2D eigenvalue weighted by Crippen LogP contribution is -2.16. The molecule has 4 heterocycles. The molecule has 0 aliphatic rings. The minimum absolute atomic E-state index is 0.00491.